The Balaban J connectivity index is 1.39. The molecule has 6 heteroatoms. The maximum absolute atomic E-state index is 13.4. The van der Waals surface area contributed by atoms with Crippen LogP contribution in [0, 0.1) is 0 Å². The number of hydrogen-bond donors (Lipinski definition) is 1. The number of hydrogen-bond acceptors (Lipinski definition) is 2. The molecule has 0 radical (unpaired) electrons. The highest BCUT2D eigenvalue weighted by Crippen LogP contribution is 2.28. The number of carbonyl (C=O) groups excluding carboxylic acids is 1. The minimum atomic E-state index is -0.169. The Morgan fingerprint density at radius 1 is 0.889 bits per heavy atom. The molecule has 0 aliphatic heterocycles. The average Bonchev–Trinajstić information content (AvgIpc) is 3.54. The molecule has 5 rings (SSSR count). The van der Waals surface area contributed by atoms with Crippen LogP contribution >= 0.6 is 11.6 Å². The van der Waals surface area contributed by atoms with Crippen LogP contribution in [0.25, 0.3) is 17.1 Å². The molecule has 0 saturated heterocycles. The van der Waals surface area contributed by atoms with Crippen molar-refractivity contribution in [1.82, 2.24) is 19.7 Å². The van der Waals surface area contributed by atoms with Gasteiger partial charge < -0.3 is 9.88 Å². The van der Waals surface area contributed by atoms with Crippen molar-refractivity contribution < 1.29 is 4.79 Å². The van der Waals surface area contributed by atoms with Crippen LogP contribution < -0.4 is 5.32 Å². The van der Waals surface area contributed by atoms with E-state index in [2.05, 4.69) is 53.8 Å². The van der Waals surface area contributed by atoms with Crippen molar-refractivity contribution in [2.75, 3.05) is 6.54 Å². The van der Waals surface area contributed by atoms with Crippen molar-refractivity contribution in [3.8, 4) is 17.1 Å². The molecule has 0 saturated carbocycles. The Kier molecular flexibility index (Phi) is 7.01. The monoisotopic (exact) mass is 494 g/mol. The number of aryl methyl sites for hydroxylation is 1. The first-order chi connectivity index (χ1) is 17.6. The number of aromatic nitrogens is 3. The molecular weight excluding hydrogens is 468 g/mol. The van der Waals surface area contributed by atoms with Gasteiger partial charge in [-0.3, -0.25) is 4.79 Å². The average molecular weight is 495 g/mol. The second-order valence-corrected chi connectivity index (χ2v) is 9.16. The molecule has 0 atom stereocenters. The fourth-order valence-corrected chi connectivity index (χ4v) is 4.62. The van der Waals surface area contributed by atoms with Gasteiger partial charge in [0.15, 0.2) is 0 Å². The fourth-order valence-electron chi connectivity index (χ4n) is 4.49. The lowest BCUT2D eigenvalue weighted by molar-refractivity contribution is 0.0945. The van der Waals surface area contributed by atoms with Crippen molar-refractivity contribution in [1.29, 1.82) is 0 Å². The third-order valence-electron chi connectivity index (χ3n) is 6.34. The predicted octanol–water partition coefficient (Wildman–Crippen LogP) is 6.48. The maximum Gasteiger partial charge on any atom is 0.270 e. The van der Waals surface area contributed by atoms with Crippen molar-refractivity contribution in [2.45, 2.75) is 12.3 Å². The zero-order chi connectivity index (χ0) is 24.9. The summed E-state index contributed by atoms with van der Waals surface area (Å²) in [5, 5.41) is 8.53. The van der Waals surface area contributed by atoms with Crippen LogP contribution in [0.4, 0.5) is 0 Å². The Morgan fingerprint density at radius 3 is 2.11 bits per heavy atom. The highest BCUT2D eigenvalue weighted by molar-refractivity contribution is 6.30. The summed E-state index contributed by atoms with van der Waals surface area (Å²) in [6, 6.07) is 33.9. The van der Waals surface area contributed by atoms with Crippen molar-refractivity contribution >= 4 is 17.5 Å². The number of amides is 1. The van der Waals surface area contributed by atoms with Gasteiger partial charge >= 0.3 is 0 Å². The Hall–Kier alpha value is -4.09. The number of nitrogens with one attached hydrogen (secondary N) is 1. The first-order valence-corrected chi connectivity index (χ1v) is 12.3. The number of carbonyl (C=O) groups is 1. The molecule has 0 aliphatic carbocycles. The lowest BCUT2D eigenvalue weighted by Gasteiger charge is -2.18. The van der Waals surface area contributed by atoms with Gasteiger partial charge in [-0.25, -0.2) is 4.68 Å². The van der Waals surface area contributed by atoms with E-state index in [1.165, 1.54) is 11.1 Å². The van der Waals surface area contributed by atoms with Crippen LogP contribution in [0.5, 0.6) is 0 Å². The lowest BCUT2D eigenvalue weighted by atomic mass is 9.88. The summed E-state index contributed by atoms with van der Waals surface area (Å²) in [5.41, 5.74) is 5.38. The summed E-state index contributed by atoms with van der Waals surface area (Å²) in [7, 11) is 1.96. The minimum absolute atomic E-state index is 0.169. The summed E-state index contributed by atoms with van der Waals surface area (Å²) >= 11 is 6.10. The summed E-state index contributed by atoms with van der Waals surface area (Å²) in [5.74, 6) is 0.0191. The number of halogens is 1. The lowest BCUT2D eigenvalue weighted by Crippen LogP contribution is -2.28. The number of nitrogens with zero attached hydrogens (tertiary/aromatic N) is 3. The van der Waals surface area contributed by atoms with Gasteiger partial charge in [-0.15, -0.1) is 0 Å². The quantitative estimate of drug-likeness (QED) is 0.268. The molecule has 5 aromatic rings. The molecule has 1 N–H and O–H groups in total. The summed E-state index contributed by atoms with van der Waals surface area (Å²) in [6.07, 6.45) is 2.74. The van der Waals surface area contributed by atoms with Crippen LogP contribution in [0.3, 0.4) is 0 Å². The topological polar surface area (TPSA) is 51.9 Å². The molecule has 0 bridgehead atoms. The molecule has 1 amide bonds. The first kappa shape index (κ1) is 23.6. The van der Waals surface area contributed by atoms with E-state index >= 15 is 0 Å². The second-order valence-electron chi connectivity index (χ2n) is 8.73. The standard InChI is InChI=1S/C30H27ClN4O/c1-34-20-8-13-28(34)27-21-29(35(33-27)25-16-14-24(31)15-17-25)30(36)32-19-18-26(22-9-4-2-5-10-22)23-11-6-3-7-12-23/h2-17,20-21,26H,18-19H2,1H3,(H,32,36). The van der Waals surface area contributed by atoms with Crippen molar-refractivity contribution in [3.05, 3.63) is 131 Å². The molecule has 0 unspecified atom stereocenters. The normalized spacial score (nSPS) is 11.1. The van der Waals surface area contributed by atoms with E-state index in [-0.39, 0.29) is 11.8 Å². The molecule has 3 aromatic carbocycles. The number of rotatable bonds is 8. The van der Waals surface area contributed by atoms with Gasteiger partial charge in [0.1, 0.15) is 11.4 Å². The molecule has 0 fully saturated rings. The van der Waals surface area contributed by atoms with Gasteiger partial charge in [0, 0.05) is 30.7 Å². The Bertz CT molecular complexity index is 1400. The van der Waals surface area contributed by atoms with E-state index in [0.717, 1.165) is 23.5 Å². The van der Waals surface area contributed by atoms with Gasteiger partial charge in [0.05, 0.1) is 11.4 Å². The van der Waals surface area contributed by atoms with Gasteiger partial charge in [-0.2, -0.15) is 5.10 Å². The fraction of sp³-hybridized carbons (Fsp3) is 0.133. The molecular formula is C30H27ClN4O. The van der Waals surface area contributed by atoms with E-state index in [4.69, 9.17) is 16.7 Å². The molecule has 5 nitrogen and oxygen atoms in total. The molecule has 0 spiro atoms. The first-order valence-electron chi connectivity index (χ1n) is 12.0. The van der Waals surface area contributed by atoms with Crippen LogP contribution in [-0.2, 0) is 7.05 Å². The molecule has 36 heavy (non-hydrogen) atoms. The van der Waals surface area contributed by atoms with Crippen molar-refractivity contribution in [3.63, 3.8) is 0 Å². The minimum Gasteiger partial charge on any atom is -0.351 e. The van der Waals surface area contributed by atoms with Gasteiger partial charge in [0.2, 0.25) is 0 Å². The SMILES string of the molecule is Cn1cccc1-c1cc(C(=O)NCCC(c2ccccc2)c2ccccc2)n(-c2ccc(Cl)cc2)n1. The molecule has 0 aliphatic rings. The van der Waals surface area contributed by atoms with Crippen LogP contribution in [0.1, 0.15) is 34.0 Å². The second kappa shape index (κ2) is 10.7. The maximum atomic E-state index is 13.4. The van der Waals surface area contributed by atoms with Crippen LogP contribution in [-0.4, -0.2) is 26.8 Å². The smallest absolute Gasteiger partial charge is 0.270 e. The third kappa shape index (κ3) is 5.11. The van der Waals surface area contributed by atoms with E-state index < -0.39 is 0 Å². The largest absolute Gasteiger partial charge is 0.351 e. The van der Waals surface area contributed by atoms with Crippen molar-refractivity contribution in [2.24, 2.45) is 7.05 Å². The zero-order valence-electron chi connectivity index (χ0n) is 20.0. The summed E-state index contributed by atoms with van der Waals surface area (Å²) in [4.78, 5) is 13.4. The summed E-state index contributed by atoms with van der Waals surface area (Å²) in [6.45, 7) is 0.526. The molecule has 2 heterocycles. The van der Waals surface area contributed by atoms with Gasteiger partial charge in [-0.1, -0.05) is 72.3 Å². The predicted molar refractivity (Wildman–Crippen MR) is 145 cm³/mol. The molecule has 180 valence electrons. The van der Waals surface area contributed by atoms with Gasteiger partial charge in [0.25, 0.3) is 5.91 Å². The number of benzene rings is 3. The Morgan fingerprint density at radius 2 is 1.53 bits per heavy atom. The Labute approximate surface area is 216 Å². The van der Waals surface area contributed by atoms with Crippen LogP contribution in [0.2, 0.25) is 5.02 Å². The third-order valence-corrected chi connectivity index (χ3v) is 6.59. The highest BCUT2D eigenvalue weighted by atomic mass is 35.5. The van der Waals surface area contributed by atoms with E-state index in [1.54, 1.807) is 16.8 Å². The van der Waals surface area contributed by atoms with Gasteiger partial charge in [-0.05, 0) is 60.0 Å². The highest BCUT2D eigenvalue weighted by Gasteiger charge is 2.20. The summed E-state index contributed by atoms with van der Waals surface area (Å²) < 4.78 is 3.67. The van der Waals surface area contributed by atoms with E-state index in [1.807, 2.05) is 60.3 Å². The van der Waals surface area contributed by atoms with E-state index in [9.17, 15) is 4.79 Å². The van der Waals surface area contributed by atoms with Crippen LogP contribution in [0.15, 0.2) is 109 Å². The van der Waals surface area contributed by atoms with E-state index in [0.29, 0.717) is 17.3 Å². The molecule has 2 aromatic heterocycles. The zero-order valence-corrected chi connectivity index (χ0v) is 20.8.